The summed E-state index contributed by atoms with van der Waals surface area (Å²) >= 11 is 0. The second-order valence-electron chi connectivity index (χ2n) is 6.44. The maximum atomic E-state index is 13.6. The summed E-state index contributed by atoms with van der Waals surface area (Å²) < 4.78 is 25.7. The van der Waals surface area contributed by atoms with Crippen molar-refractivity contribution in [3.63, 3.8) is 0 Å². The van der Waals surface area contributed by atoms with Crippen LogP contribution in [0.15, 0.2) is 35.7 Å². The lowest BCUT2D eigenvalue weighted by Crippen LogP contribution is -2.13. The number of aryl methyl sites for hydroxylation is 3. The quantitative estimate of drug-likeness (QED) is 0.722. The molecule has 0 unspecified atom stereocenters. The third kappa shape index (κ3) is 5.69. The highest BCUT2D eigenvalue weighted by Crippen LogP contribution is 2.30. The first-order valence-electron chi connectivity index (χ1n) is 8.34. The number of benzene rings is 2. The lowest BCUT2D eigenvalue weighted by molar-refractivity contribution is -0.139. The van der Waals surface area contributed by atoms with Gasteiger partial charge in [0.05, 0.1) is 16.6 Å². The molecule has 2 aromatic rings. The fourth-order valence-electron chi connectivity index (χ4n) is 2.82. The molecular weight excluding hydrogens is 367 g/mol. The lowest BCUT2D eigenvalue weighted by Gasteiger charge is -2.12. The monoisotopic (exact) mass is 388 g/mol. The molecule has 0 amide bonds. The van der Waals surface area contributed by atoms with Crippen molar-refractivity contribution in [1.82, 2.24) is 0 Å². The number of halogens is 1. The van der Waals surface area contributed by atoms with Crippen molar-refractivity contribution in [3.05, 3.63) is 63.8 Å². The summed E-state index contributed by atoms with van der Waals surface area (Å²) in [5.74, 6) is -2.43. The van der Waals surface area contributed by atoms with E-state index in [1.54, 1.807) is 25.1 Å². The first kappa shape index (κ1) is 20.7. The summed E-state index contributed by atoms with van der Waals surface area (Å²) in [6.07, 6.45) is 1.04. The smallest absolute Gasteiger partial charge is 0.310 e. The fraction of sp³-hybridized carbons (Fsp3) is 0.238. The molecule has 0 aliphatic rings. The van der Waals surface area contributed by atoms with E-state index < -0.39 is 29.0 Å². The molecule has 142 valence electrons. The van der Waals surface area contributed by atoms with Gasteiger partial charge in [0.1, 0.15) is 12.2 Å². The van der Waals surface area contributed by atoms with Crippen LogP contribution >= 0.6 is 0 Å². The maximum absolute atomic E-state index is 13.6. The molecule has 6 heteroatoms. The fourth-order valence-corrected chi connectivity index (χ4v) is 3.62. The molecule has 2 rings (SSSR count). The van der Waals surface area contributed by atoms with Crippen molar-refractivity contribution in [2.24, 2.45) is 0 Å². The van der Waals surface area contributed by atoms with E-state index >= 15 is 0 Å². The summed E-state index contributed by atoms with van der Waals surface area (Å²) in [6, 6.07) is 8.82. The third-order valence-electron chi connectivity index (χ3n) is 4.04. The third-order valence-corrected chi connectivity index (χ3v) is 5.08. The minimum atomic E-state index is -1.61. The Kier molecular flexibility index (Phi) is 6.80. The average molecular weight is 388 g/mol. The van der Waals surface area contributed by atoms with E-state index in [4.69, 9.17) is 5.11 Å². The van der Waals surface area contributed by atoms with Crippen molar-refractivity contribution in [2.75, 3.05) is 5.75 Å². The molecule has 0 radical (unpaired) electrons. The van der Waals surface area contributed by atoms with Gasteiger partial charge < -0.3 is 5.11 Å². The van der Waals surface area contributed by atoms with E-state index in [1.807, 2.05) is 26.0 Å². The largest absolute Gasteiger partial charge is 0.481 e. The van der Waals surface area contributed by atoms with E-state index in [2.05, 4.69) is 0 Å². The molecule has 0 aliphatic heterocycles. The van der Waals surface area contributed by atoms with Crippen LogP contribution in [0.4, 0.5) is 4.39 Å². The first-order chi connectivity index (χ1) is 12.7. The van der Waals surface area contributed by atoms with E-state index in [1.165, 1.54) is 11.5 Å². The van der Waals surface area contributed by atoms with Crippen LogP contribution in [-0.4, -0.2) is 26.8 Å². The van der Waals surface area contributed by atoms with Crippen LogP contribution in [-0.2, 0) is 20.4 Å². The number of ketones is 1. The Balaban J connectivity index is 2.36. The number of Topliss-reactive ketones (excluding diaryl/α,β-unsaturated/α-hetero) is 1. The zero-order chi connectivity index (χ0) is 20.1. The molecule has 4 nitrogen and oxygen atoms in total. The normalized spacial score (nSPS) is 12.3. The van der Waals surface area contributed by atoms with E-state index in [0.29, 0.717) is 5.56 Å². The second-order valence-corrected chi connectivity index (χ2v) is 7.77. The predicted molar refractivity (Wildman–Crippen MR) is 105 cm³/mol. The van der Waals surface area contributed by atoms with Gasteiger partial charge >= 0.3 is 5.97 Å². The number of carboxylic acid groups (broad SMARTS) is 1. The Labute approximate surface area is 160 Å². The average Bonchev–Trinajstić information content (AvgIpc) is 2.55. The topological polar surface area (TPSA) is 71.4 Å². The Bertz CT molecular complexity index is 947. The molecule has 0 spiro atoms. The predicted octanol–water partition coefficient (Wildman–Crippen LogP) is 4.18. The van der Waals surface area contributed by atoms with Crippen molar-refractivity contribution >= 4 is 28.6 Å². The molecule has 0 aromatic heterocycles. The summed E-state index contributed by atoms with van der Waals surface area (Å²) in [7, 11) is -1.61. The van der Waals surface area contributed by atoms with Crippen LogP contribution in [0.1, 0.15) is 28.7 Å². The van der Waals surface area contributed by atoms with Gasteiger partial charge in [0.15, 0.2) is 5.78 Å². The SMILES string of the molecule is Cc1cc(C)c(C=C[S@@](=O)CC(=O)CC(=O)O)c(-c2ccc(F)c(C)c2)c1. The van der Waals surface area contributed by atoms with Crippen molar-refractivity contribution < 1.29 is 23.3 Å². The van der Waals surface area contributed by atoms with Gasteiger partial charge in [0.25, 0.3) is 0 Å². The van der Waals surface area contributed by atoms with Gasteiger partial charge in [0, 0.05) is 5.41 Å². The highest BCUT2D eigenvalue weighted by Gasteiger charge is 2.12. The van der Waals surface area contributed by atoms with Gasteiger partial charge in [-0.1, -0.05) is 23.8 Å². The van der Waals surface area contributed by atoms with Crippen molar-refractivity contribution in [1.29, 1.82) is 0 Å². The van der Waals surface area contributed by atoms with Crippen LogP contribution in [0.2, 0.25) is 0 Å². The van der Waals surface area contributed by atoms with Gasteiger partial charge in [-0.25, -0.2) is 4.39 Å². The number of carbonyl (C=O) groups excluding carboxylic acids is 1. The van der Waals surface area contributed by atoms with Gasteiger partial charge in [-0.05, 0) is 66.8 Å². The molecule has 0 aliphatic carbocycles. The summed E-state index contributed by atoms with van der Waals surface area (Å²) in [6.45, 7) is 5.58. The first-order valence-corrected chi connectivity index (χ1v) is 9.72. The molecule has 27 heavy (non-hydrogen) atoms. The molecular formula is C21H21FO4S. The highest BCUT2D eigenvalue weighted by atomic mass is 32.2. The summed E-state index contributed by atoms with van der Waals surface area (Å²) in [5.41, 5.74) is 5.07. The molecule has 0 bridgehead atoms. The van der Waals surface area contributed by atoms with Crippen molar-refractivity contribution in [3.8, 4) is 11.1 Å². The molecule has 0 saturated carbocycles. The number of aliphatic carboxylic acids is 1. The minimum absolute atomic E-state index is 0.279. The Morgan fingerprint density at radius 1 is 1.11 bits per heavy atom. The minimum Gasteiger partial charge on any atom is -0.481 e. The van der Waals surface area contributed by atoms with Crippen LogP contribution in [0.25, 0.3) is 17.2 Å². The second kappa shape index (κ2) is 8.86. The van der Waals surface area contributed by atoms with Crippen LogP contribution in [0.5, 0.6) is 0 Å². The molecule has 1 N–H and O–H groups in total. The summed E-state index contributed by atoms with van der Waals surface area (Å²) in [5, 5.41) is 10.0. The molecule has 1 atom stereocenters. The van der Waals surface area contributed by atoms with Crippen LogP contribution in [0, 0.1) is 26.6 Å². The van der Waals surface area contributed by atoms with Gasteiger partial charge in [-0.3, -0.25) is 13.8 Å². The van der Waals surface area contributed by atoms with Gasteiger partial charge in [-0.15, -0.1) is 0 Å². The van der Waals surface area contributed by atoms with Gasteiger partial charge in [0.2, 0.25) is 0 Å². The maximum Gasteiger partial charge on any atom is 0.310 e. The number of hydrogen-bond donors (Lipinski definition) is 1. The standard InChI is InChI=1S/C21H21FO4S/c1-13-8-14(2)18(6-7-27(26)12-17(23)11-21(24)25)19(9-13)16-4-5-20(22)15(3)10-16/h4-10H,11-12H2,1-3H3,(H,24,25)/t27-/m1/s1. The molecule has 2 aromatic carbocycles. The molecule has 0 heterocycles. The van der Waals surface area contributed by atoms with Crippen LogP contribution in [0.3, 0.4) is 0 Å². The van der Waals surface area contributed by atoms with Gasteiger partial charge in [-0.2, -0.15) is 0 Å². The summed E-state index contributed by atoms with van der Waals surface area (Å²) in [4.78, 5) is 22.0. The Hall–Kier alpha value is -2.60. The van der Waals surface area contributed by atoms with E-state index in [-0.39, 0.29) is 11.6 Å². The zero-order valence-corrected chi connectivity index (χ0v) is 16.2. The number of rotatable bonds is 7. The number of hydrogen-bond acceptors (Lipinski definition) is 3. The molecule has 0 fully saturated rings. The number of carbonyl (C=O) groups is 2. The Morgan fingerprint density at radius 3 is 2.44 bits per heavy atom. The van der Waals surface area contributed by atoms with E-state index in [9.17, 15) is 18.2 Å². The van der Waals surface area contributed by atoms with E-state index in [0.717, 1.165) is 27.8 Å². The zero-order valence-electron chi connectivity index (χ0n) is 15.4. The highest BCUT2D eigenvalue weighted by molar-refractivity contribution is 7.88. The number of carboxylic acids is 1. The molecule has 0 saturated heterocycles. The van der Waals surface area contributed by atoms with Crippen molar-refractivity contribution in [2.45, 2.75) is 27.2 Å². The lowest BCUT2D eigenvalue weighted by atomic mass is 9.93. The van der Waals surface area contributed by atoms with Crippen LogP contribution < -0.4 is 0 Å². The Morgan fingerprint density at radius 2 is 1.81 bits per heavy atom.